The summed E-state index contributed by atoms with van der Waals surface area (Å²) in [6.45, 7) is 5.11. The van der Waals surface area contributed by atoms with Crippen molar-refractivity contribution in [1.82, 2.24) is 14.7 Å². The number of piperidine rings is 1. The Hall–Kier alpha value is -2.29. The minimum absolute atomic E-state index is 0.0403. The molecule has 0 aliphatic carbocycles. The SMILES string of the molecule is O=C1CCN(C(=O)Nc2ccc(C(F)(F)F)cc2)CCN1CCCN1CCCCC1. The normalized spacial score (nSPS) is 19.0. The van der Waals surface area contributed by atoms with Gasteiger partial charge in [0.15, 0.2) is 0 Å². The second-order valence-corrected chi connectivity index (χ2v) is 7.88. The maximum atomic E-state index is 12.7. The first-order valence-electron chi connectivity index (χ1n) is 10.6. The zero-order valence-corrected chi connectivity index (χ0v) is 17.1. The molecule has 2 fully saturated rings. The maximum Gasteiger partial charge on any atom is 0.416 e. The number of nitrogens with zero attached hydrogens (tertiary/aromatic N) is 3. The number of anilines is 1. The third-order valence-electron chi connectivity index (χ3n) is 5.69. The van der Waals surface area contributed by atoms with Crippen LogP contribution < -0.4 is 5.32 Å². The standard InChI is InChI=1S/C21H29F3N4O2/c22-21(23,24)17-5-7-18(8-6-17)25-20(30)28-14-9-19(29)27(15-16-28)13-4-12-26-10-2-1-3-11-26/h5-8H,1-4,9-16H2,(H,25,30). The van der Waals surface area contributed by atoms with Crippen LogP contribution in [-0.4, -0.2) is 72.5 Å². The van der Waals surface area contributed by atoms with E-state index in [0.717, 1.165) is 38.2 Å². The molecule has 0 atom stereocenters. The molecule has 9 heteroatoms. The predicted molar refractivity (Wildman–Crippen MR) is 108 cm³/mol. The molecule has 3 rings (SSSR count). The van der Waals surface area contributed by atoms with Crippen LogP contribution in [0.3, 0.4) is 0 Å². The highest BCUT2D eigenvalue weighted by molar-refractivity contribution is 5.90. The summed E-state index contributed by atoms with van der Waals surface area (Å²) in [6, 6.07) is 3.93. The Bertz CT molecular complexity index is 718. The third kappa shape index (κ3) is 6.35. The van der Waals surface area contributed by atoms with Gasteiger partial charge in [0.25, 0.3) is 0 Å². The van der Waals surface area contributed by atoms with E-state index in [1.165, 1.54) is 31.4 Å². The fourth-order valence-electron chi connectivity index (χ4n) is 3.92. The number of amides is 3. The van der Waals surface area contributed by atoms with Crippen molar-refractivity contribution in [2.24, 2.45) is 0 Å². The molecule has 0 unspecified atom stereocenters. The highest BCUT2D eigenvalue weighted by Crippen LogP contribution is 2.29. The second kappa shape index (κ2) is 10.1. The predicted octanol–water partition coefficient (Wildman–Crippen LogP) is 3.65. The van der Waals surface area contributed by atoms with Crippen molar-refractivity contribution in [2.45, 2.75) is 38.3 Å². The maximum absolute atomic E-state index is 12.7. The van der Waals surface area contributed by atoms with E-state index in [1.807, 2.05) is 4.90 Å². The van der Waals surface area contributed by atoms with Crippen molar-refractivity contribution < 1.29 is 22.8 Å². The largest absolute Gasteiger partial charge is 0.416 e. The van der Waals surface area contributed by atoms with E-state index in [1.54, 1.807) is 4.90 Å². The monoisotopic (exact) mass is 426 g/mol. The van der Waals surface area contributed by atoms with E-state index < -0.39 is 17.8 Å². The van der Waals surface area contributed by atoms with Crippen molar-refractivity contribution in [2.75, 3.05) is 51.1 Å². The van der Waals surface area contributed by atoms with Gasteiger partial charge < -0.3 is 20.0 Å². The number of halogens is 3. The van der Waals surface area contributed by atoms with E-state index in [0.29, 0.717) is 31.9 Å². The first-order valence-corrected chi connectivity index (χ1v) is 10.6. The fraction of sp³-hybridized carbons (Fsp3) is 0.619. The number of benzene rings is 1. The summed E-state index contributed by atoms with van der Waals surface area (Å²) < 4.78 is 38.0. The molecule has 3 amide bonds. The van der Waals surface area contributed by atoms with Gasteiger partial charge >= 0.3 is 12.2 Å². The molecule has 6 nitrogen and oxygen atoms in total. The topological polar surface area (TPSA) is 55.9 Å². The van der Waals surface area contributed by atoms with Crippen molar-refractivity contribution in [1.29, 1.82) is 0 Å². The first-order chi connectivity index (χ1) is 14.3. The lowest BCUT2D eigenvalue weighted by atomic mass is 10.1. The summed E-state index contributed by atoms with van der Waals surface area (Å²) in [5.41, 5.74) is -0.469. The van der Waals surface area contributed by atoms with Gasteiger partial charge in [-0.3, -0.25) is 4.79 Å². The van der Waals surface area contributed by atoms with E-state index in [4.69, 9.17) is 0 Å². The van der Waals surface area contributed by atoms with Crippen LogP contribution in [0.4, 0.5) is 23.7 Å². The minimum Gasteiger partial charge on any atom is -0.341 e. The number of nitrogens with one attached hydrogen (secondary N) is 1. The summed E-state index contributed by atoms with van der Waals surface area (Å²) in [4.78, 5) is 30.7. The molecule has 0 spiro atoms. The van der Waals surface area contributed by atoms with Gasteiger partial charge in [0.05, 0.1) is 5.56 Å². The molecule has 0 aromatic heterocycles. The molecule has 2 saturated heterocycles. The molecule has 30 heavy (non-hydrogen) atoms. The van der Waals surface area contributed by atoms with Crippen LogP contribution in [-0.2, 0) is 11.0 Å². The summed E-state index contributed by atoms with van der Waals surface area (Å²) in [7, 11) is 0. The number of hydrogen-bond donors (Lipinski definition) is 1. The molecule has 2 aliphatic rings. The Kier molecular flexibility index (Phi) is 7.58. The molecule has 1 aromatic rings. The first kappa shape index (κ1) is 22.4. The van der Waals surface area contributed by atoms with Crippen LogP contribution in [0, 0.1) is 0 Å². The highest BCUT2D eigenvalue weighted by atomic mass is 19.4. The second-order valence-electron chi connectivity index (χ2n) is 7.88. The summed E-state index contributed by atoms with van der Waals surface area (Å²) in [5.74, 6) is 0.0403. The average Bonchev–Trinajstić information content (AvgIpc) is 2.90. The van der Waals surface area contributed by atoms with Crippen LogP contribution in [0.25, 0.3) is 0 Å². The number of urea groups is 1. The zero-order valence-electron chi connectivity index (χ0n) is 17.1. The summed E-state index contributed by atoms with van der Waals surface area (Å²) in [5, 5.41) is 2.62. The van der Waals surface area contributed by atoms with Gasteiger partial charge in [-0.1, -0.05) is 6.42 Å². The van der Waals surface area contributed by atoms with Gasteiger partial charge in [-0.25, -0.2) is 4.79 Å². The molecule has 166 valence electrons. The Balaban J connectivity index is 1.46. The van der Waals surface area contributed by atoms with E-state index >= 15 is 0 Å². The van der Waals surface area contributed by atoms with Gasteiger partial charge in [-0.2, -0.15) is 13.2 Å². The molecule has 2 aliphatic heterocycles. The van der Waals surface area contributed by atoms with E-state index in [9.17, 15) is 22.8 Å². The fourth-order valence-corrected chi connectivity index (χ4v) is 3.92. The lowest BCUT2D eigenvalue weighted by Gasteiger charge is -2.28. The van der Waals surface area contributed by atoms with E-state index in [-0.39, 0.29) is 12.3 Å². The Morgan fingerprint density at radius 2 is 1.63 bits per heavy atom. The number of alkyl halides is 3. The van der Waals surface area contributed by atoms with E-state index in [2.05, 4.69) is 10.2 Å². The van der Waals surface area contributed by atoms with Crippen LogP contribution in [0.1, 0.15) is 37.7 Å². The molecule has 0 bridgehead atoms. The molecule has 0 radical (unpaired) electrons. The number of carbonyl (C=O) groups is 2. The molecular formula is C21H29F3N4O2. The van der Waals surface area contributed by atoms with Crippen molar-refractivity contribution in [3.63, 3.8) is 0 Å². The lowest BCUT2D eigenvalue weighted by molar-refractivity contribution is -0.137. The number of carbonyl (C=O) groups excluding carboxylic acids is 2. The minimum atomic E-state index is -4.41. The smallest absolute Gasteiger partial charge is 0.341 e. The summed E-state index contributed by atoms with van der Waals surface area (Å²) >= 11 is 0. The van der Waals surface area contributed by atoms with Crippen molar-refractivity contribution in [3.8, 4) is 0 Å². The van der Waals surface area contributed by atoms with Crippen LogP contribution in [0.2, 0.25) is 0 Å². The lowest BCUT2D eigenvalue weighted by Crippen LogP contribution is -2.39. The van der Waals surface area contributed by atoms with Gasteiger partial charge in [0, 0.05) is 38.3 Å². The van der Waals surface area contributed by atoms with Crippen molar-refractivity contribution in [3.05, 3.63) is 29.8 Å². The van der Waals surface area contributed by atoms with Gasteiger partial charge in [-0.05, 0) is 63.2 Å². The number of hydrogen-bond acceptors (Lipinski definition) is 3. The van der Waals surface area contributed by atoms with Gasteiger partial charge in [-0.15, -0.1) is 0 Å². The number of likely N-dealkylation sites (tertiary alicyclic amines) is 1. The van der Waals surface area contributed by atoms with Crippen LogP contribution in [0.5, 0.6) is 0 Å². The molecule has 0 saturated carbocycles. The van der Waals surface area contributed by atoms with Gasteiger partial charge in [0.1, 0.15) is 0 Å². The van der Waals surface area contributed by atoms with Crippen molar-refractivity contribution >= 4 is 17.6 Å². The Labute approximate surface area is 175 Å². The third-order valence-corrected chi connectivity index (χ3v) is 5.69. The summed E-state index contributed by atoms with van der Waals surface area (Å²) in [6.07, 6.45) is 0.543. The molecular weight excluding hydrogens is 397 g/mol. The van der Waals surface area contributed by atoms with Crippen LogP contribution >= 0.6 is 0 Å². The highest BCUT2D eigenvalue weighted by Gasteiger charge is 2.30. The molecule has 1 aromatic carbocycles. The zero-order chi connectivity index (χ0) is 21.6. The van der Waals surface area contributed by atoms with Crippen LogP contribution in [0.15, 0.2) is 24.3 Å². The molecule has 2 heterocycles. The quantitative estimate of drug-likeness (QED) is 0.782. The Morgan fingerprint density at radius 1 is 0.933 bits per heavy atom. The average molecular weight is 426 g/mol. The van der Waals surface area contributed by atoms with Gasteiger partial charge in [0.2, 0.25) is 5.91 Å². The number of rotatable bonds is 5. The molecule has 1 N–H and O–H groups in total. The Morgan fingerprint density at radius 3 is 2.30 bits per heavy atom.